The zero-order valence-corrected chi connectivity index (χ0v) is 12.9. The third kappa shape index (κ3) is 2.95. The van der Waals surface area contributed by atoms with Crippen molar-refractivity contribution in [1.29, 1.82) is 0 Å². The van der Waals surface area contributed by atoms with Crippen LogP contribution >= 0.6 is 0 Å². The van der Waals surface area contributed by atoms with E-state index in [1.807, 2.05) is 0 Å². The smallest absolute Gasteiger partial charge is 0.345 e. The molecule has 24 heavy (non-hydrogen) atoms. The molecule has 0 aliphatic carbocycles. The molecule has 1 aromatic heterocycles. The van der Waals surface area contributed by atoms with E-state index in [2.05, 4.69) is 5.10 Å². The first kappa shape index (κ1) is 16.4. The molecule has 0 saturated carbocycles. The first-order valence-corrected chi connectivity index (χ1v) is 7.46. The van der Waals surface area contributed by atoms with Gasteiger partial charge in [0.25, 0.3) is 5.92 Å². The van der Waals surface area contributed by atoms with Crippen molar-refractivity contribution in [3.8, 4) is 17.1 Å². The van der Waals surface area contributed by atoms with Gasteiger partial charge in [-0.05, 0) is 19.1 Å². The summed E-state index contributed by atoms with van der Waals surface area (Å²) < 4.78 is 52.4. The van der Waals surface area contributed by atoms with E-state index < -0.39 is 30.7 Å². The highest BCUT2D eigenvalue weighted by atomic mass is 19.3. The Hall–Kier alpha value is -2.51. The number of ether oxygens (including phenoxy) is 2. The maximum atomic E-state index is 14.1. The van der Waals surface area contributed by atoms with Gasteiger partial charge in [0.05, 0.1) is 13.2 Å². The fourth-order valence-corrected chi connectivity index (χ4v) is 2.49. The summed E-state index contributed by atoms with van der Waals surface area (Å²) in [7, 11) is 0. The van der Waals surface area contributed by atoms with Crippen LogP contribution in [0.3, 0.4) is 0 Å². The number of carbonyl (C=O) groups is 1. The van der Waals surface area contributed by atoms with E-state index >= 15 is 0 Å². The number of hydrogen-bond donors (Lipinski definition) is 0. The van der Waals surface area contributed by atoms with E-state index in [1.165, 1.54) is 18.2 Å². The number of nitrogens with zero attached hydrogens (tertiary/aromatic N) is 2. The summed E-state index contributed by atoms with van der Waals surface area (Å²) in [5, 5.41) is 4.13. The summed E-state index contributed by atoms with van der Waals surface area (Å²) in [4.78, 5) is 12.3. The Kier molecular flexibility index (Phi) is 4.21. The molecule has 1 aromatic carbocycles. The maximum Gasteiger partial charge on any atom is 0.345 e. The maximum absolute atomic E-state index is 14.1. The number of fused-ring (bicyclic) bond motifs is 1. The molecule has 1 aliphatic rings. The number of aromatic nitrogens is 2. The van der Waals surface area contributed by atoms with Crippen LogP contribution < -0.4 is 4.74 Å². The van der Waals surface area contributed by atoms with E-state index in [9.17, 15) is 18.0 Å². The van der Waals surface area contributed by atoms with Crippen LogP contribution in [0.1, 0.15) is 23.7 Å². The van der Waals surface area contributed by atoms with E-state index in [4.69, 9.17) is 9.47 Å². The van der Waals surface area contributed by atoms with E-state index in [0.29, 0.717) is 0 Å². The Morgan fingerprint density at radius 3 is 2.88 bits per heavy atom. The molecule has 1 aliphatic heterocycles. The number of benzene rings is 1. The summed E-state index contributed by atoms with van der Waals surface area (Å²) >= 11 is 0. The minimum absolute atomic E-state index is 0.0202. The van der Waals surface area contributed by atoms with Gasteiger partial charge < -0.3 is 9.47 Å². The summed E-state index contributed by atoms with van der Waals surface area (Å²) in [6.45, 7) is 0.666. The molecule has 8 heteroatoms. The number of rotatable bonds is 3. The second-order valence-corrected chi connectivity index (χ2v) is 5.35. The lowest BCUT2D eigenvalue weighted by Crippen LogP contribution is -2.24. The number of aryl methyl sites for hydroxylation is 1. The fourth-order valence-electron chi connectivity index (χ4n) is 2.49. The number of halogens is 3. The first-order chi connectivity index (χ1) is 11.4. The van der Waals surface area contributed by atoms with Gasteiger partial charge in [-0.15, -0.1) is 0 Å². The van der Waals surface area contributed by atoms with Crippen LogP contribution in [0.25, 0.3) is 11.3 Å². The quantitative estimate of drug-likeness (QED) is 0.805. The van der Waals surface area contributed by atoms with Crippen molar-refractivity contribution < 1.29 is 27.4 Å². The molecule has 0 amide bonds. The summed E-state index contributed by atoms with van der Waals surface area (Å²) in [5.74, 6) is -4.52. The van der Waals surface area contributed by atoms with Crippen LogP contribution in [-0.2, 0) is 11.3 Å². The SMILES string of the molecule is CCOC(=O)c1c(-c2ccccc2F)nn2c1OCC(F)(F)CC2. The highest BCUT2D eigenvalue weighted by molar-refractivity contribution is 5.98. The number of carbonyl (C=O) groups excluding carboxylic acids is 1. The monoisotopic (exact) mass is 340 g/mol. The zero-order valence-electron chi connectivity index (χ0n) is 12.9. The first-order valence-electron chi connectivity index (χ1n) is 7.46. The van der Waals surface area contributed by atoms with Gasteiger partial charge >= 0.3 is 5.97 Å². The summed E-state index contributed by atoms with van der Waals surface area (Å²) in [6.07, 6.45) is -0.485. The third-order valence-electron chi connectivity index (χ3n) is 3.62. The second kappa shape index (κ2) is 6.18. The van der Waals surface area contributed by atoms with Crippen LogP contribution in [0.4, 0.5) is 13.2 Å². The van der Waals surface area contributed by atoms with Crippen molar-refractivity contribution in [3.05, 3.63) is 35.6 Å². The van der Waals surface area contributed by atoms with Gasteiger partial charge in [-0.2, -0.15) is 5.10 Å². The molecule has 0 unspecified atom stereocenters. The molecule has 2 aromatic rings. The van der Waals surface area contributed by atoms with Crippen molar-refractivity contribution in [3.63, 3.8) is 0 Å². The van der Waals surface area contributed by atoms with Crippen molar-refractivity contribution in [2.45, 2.75) is 25.8 Å². The van der Waals surface area contributed by atoms with Crippen molar-refractivity contribution >= 4 is 5.97 Å². The Labute approximate surface area is 136 Å². The normalized spacial score (nSPS) is 16.0. The largest absolute Gasteiger partial charge is 0.471 e. The van der Waals surface area contributed by atoms with E-state index in [-0.39, 0.29) is 35.9 Å². The minimum Gasteiger partial charge on any atom is -0.471 e. The molecule has 0 saturated heterocycles. The minimum atomic E-state index is -3.02. The van der Waals surface area contributed by atoms with E-state index in [0.717, 1.165) is 4.68 Å². The molecule has 0 radical (unpaired) electrons. The molecular formula is C16H15F3N2O3. The molecule has 2 heterocycles. The number of hydrogen-bond acceptors (Lipinski definition) is 4. The second-order valence-electron chi connectivity index (χ2n) is 5.35. The van der Waals surface area contributed by atoms with Crippen LogP contribution in [-0.4, -0.2) is 34.9 Å². The zero-order chi connectivity index (χ0) is 17.3. The lowest BCUT2D eigenvalue weighted by molar-refractivity contribution is -0.0429. The van der Waals surface area contributed by atoms with E-state index in [1.54, 1.807) is 13.0 Å². The molecule has 0 spiro atoms. The lowest BCUT2D eigenvalue weighted by Gasteiger charge is -2.12. The van der Waals surface area contributed by atoms with Gasteiger partial charge in [0, 0.05) is 12.0 Å². The molecular weight excluding hydrogens is 325 g/mol. The molecule has 5 nitrogen and oxygen atoms in total. The number of esters is 1. The van der Waals surface area contributed by atoms with Crippen LogP contribution in [0.15, 0.2) is 24.3 Å². The van der Waals surface area contributed by atoms with Gasteiger partial charge in [-0.3, -0.25) is 0 Å². The topological polar surface area (TPSA) is 53.3 Å². The highest BCUT2D eigenvalue weighted by Crippen LogP contribution is 2.36. The average molecular weight is 340 g/mol. The Morgan fingerprint density at radius 2 is 2.17 bits per heavy atom. The standard InChI is InChI=1S/C16H15F3N2O3/c1-2-23-15(22)12-13(10-5-3-4-6-11(10)17)20-21-8-7-16(18,19)9-24-14(12)21/h3-6H,2,7-9H2,1H3. The summed E-state index contributed by atoms with van der Waals surface area (Å²) in [5.41, 5.74) is -0.0390. The molecule has 128 valence electrons. The van der Waals surface area contributed by atoms with Crippen LogP contribution in [0, 0.1) is 5.82 Å². The predicted octanol–water partition coefficient (Wildman–Crippen LogP) is 3.28. The summed E-state index contributed by atoms with van der Waals surface area (Å²) in [6, 6.07) is 5.77. The van der Waals surface area contributed by atoms with Gasteiger partial charge in [-0.25, -0.2) is 22.6 Å². The van der Waals surface area contributed by atoms with Gasteiger partial charge in [0.1, 0.15) is 17.1 Å². The average Bonchev–Trinajstić information content (AvgIpc) is 2.83. The van der Waals surface area contributed by atoms with Crippen LogP contribution in [0.2, 0.25) is 0 Å². The van der Waals surface area contributed by atoms with Gasteiger partial charge in [0.15, 0.2) is 6.61 Å². The molecule has 0 fully saturated rings. The van der Waals surface area contributed by atoms with Crippen molar-refractivity contribution in [1.82, 2.24) is 9.78 Å². The highest BCUT2D eigenvalue weighted by Gasteiger charge is 2.37. The Morgan fingerprint density at radius 1 is 1.42 bits per heavy atom. The van der Waals surface area contributed by atoms with Gasteiger partial charge in [0.2, 0.25) is 5.88 Å². The number of alkyl halides is 2. The molecule has 3 rings (SSSR count). The van der Waals surface area contributed by atoms with Crippen molar-refractivity contribution in [2.75, 3.05) is 13.2 Å². The van der Waals surface area contributed by atoms with Crippen LogP contribution in [0.5, 0.6) is 5.88 Å². The lowest BCUT2D eigenvalue weighted by atomic mass is 10.1. The predicted molar refractivity (Wildman–Crippen MR) is 78.6 cm³/mol. The molecule has 0 bridgehead atoms. The Bertz CT molecular complexity index is 774. The Balaban J connectivity index is 2.14. The van der Waals surface area contributed by atoms with Gasteiger partial charge in [-0.1, -0.05) is 12.1 Å². The van der Waals surface area contributed by atoms with Crippen molar-refractivity contribution in [2.24, 2.45) is 0 Å². The third-order valence-corrected chi connectivity index (χ3v) is 3.62. The molecule has 0 atom stereocenters. The molecule has 0 N–H and O–H groups in total. The fraction of sp³-hybridized carbons (Fsp3) is 0.375.